The highest BCUT2D eigenvalue weighted by atomic mass is 32.2. The Morgan fingerprint density at radius 3 is 2.00 bits per heavy atom. The van der Waals surface area contributed by atoms with E-state index >= 15 is 0 Å². The average molecular weight is 246 g/mol. The van der Waals surface area contributed by atoms with Gasteiger partial charge in [-0.2, -0.15) is 21.6 Å². The van der Waals surface area contributed by atoms with Crippen molar-refractivity contribution in [1.29, 1.82) is 0 Å². The van der Waals surface area contributed by atoms with Crippen LogP contribution in [-0.4, -0.2) is 25.8 Å². The summed E-state index contributed by atoms with van der Waals surface area (Å²) in [6, 6.07) is 0. The van der Waals surface area contributed by atoms with Crippen LogP contribution in [0.4, 0.5) is 13.2 Å². The van der Waals surface area contributed by atoms with Gasteiger partial charge in [-0.1, -0.05) is 0 Å². The summed E-state index contributed by atoms with van der Waals surface area (Å²) >= 11 is 0. The summed E-state index contributed by atoms with van der Waals surface area (Å²) in [4.78, 5) is 20.2. The van der Waals surface area contributed by atoms with Gasteiger partial charge in [0, 0.05) is 6.08 Å². The van der Waals surface area contributed by atoms with Crippen LogP contribution >= 0.6 is 0 Å². The van der Waals surface area contributed by atoms with Gasteiger partial charge in [-0.05, 0) is 6.08 Å². The van der Waals surface area contributed by atoms with E-state index in [1.807, 2.05) is 0 Å². The van der Waals surface area contributed by atoms with Crippen LogP contribution in [0, 0.1) is 0 Å². The van der Waals surface area contributed by atoms with E-state index in [4.69, 9.17) is 0 Å². The van der Waals surface area contributed by atoms with Crippen molar-refractivity contribution in [2.24, 2.45) is 0 Å². The van der Waals surface area contributed by atoms with Crippen LogP contribution in [0.15, 0.2) is 12.2 Å². The Labute approximate surface area is 81.4 Å². The molecule has 0 unspecified atom stereocenters. The van der Waals surface area contributed by atoms with Crippen molar-refractivity contribution in [3.05, 3.63) is 12.2 Å². The van der Waals surface area contributed by atoms with E-state index < -0.39 is 27.4 Å². The highest BCUT2D eigenvalue weighted by Gasteiger charge is 2.46. The second-order valence-electron chi connectivity index (χ2n) is 2.07. The molecule has 1 amide bonds. The Morgan fingerprint density at radius 2 is 1.67 bits per heavy atom. The number of carbonyl (C=O) groups excluding carboxylic acids is 2. The maximum atomic E-state index is 11.6. The zero-order valence-corrected chi connectivity index (χ0v) is 7.55. The van der Waals surface area contributed by atoms with Gasteiger partial charge in [-0.25, -0.2) is 4.72 Å². The third-order valence-electron chi connectivity index (χ3n) is 0.910. The number of halogens is 3. The van der Waals surface area contributed by atoms with Crippen molar-refractivity contribution >= 4 is 21.9 Å². The van der Waals surface area contributed by atoms with Crippen LogP contribution in [0.5, 0.6) is 0 Å². The molecule has 0 radical (unpaired) electrons. The fraction of sp³-hybridized carbons (Fsp3) is 0.200. The number of alkyl halides is 3. The van der Waals surface area contributed by atoms with Crippen LogP contribution in [0.1, 0.15) is 0 Å². The number of aliphatic carboxylic acids is 1. The molecule has 0 bridgehead atoms. The molecule has 0 saturated heterocycles. The Morgan fingerprint density at radius 1 is 1.20 bits per heavy atom. The average Bonchev–Trinajstić information content (AvgIpc) is 1.97. The minimum atomic E-state index is -5.81. The number of carboxylic acids is 1. The van der Waals surface area contributed by atoms with E-state index in [1.54, 1.807) is 0 Å². The van der Waals surface area contributed by atoms with Crippen LogP contribution in [0.3, 0.4) is 0 Å². The first-order valence-electron chi connectivity index (χ1n) is 3.08. The molecule has 0 aliphatic rings. The highest BCUT2D eigenvalue weighted by Crippen LogP contribution is 2.21. The lowest BCUT2D eigenvalue weighted by molar-refractivity contribution is -0.297. The molecule has 0 atom stereocenters. The van der Waals surface area contributed by atoms with Gasteiger partial charge >= 0.3 is 15.5 Å². The van der Waals surface area contributed by atoms with Crippen molar-refractivity contribution in [2.75, 3.05) is 0 Å². The fourth-order valence-electron chi connectivity index (χ4n) is 0.368. The Kier molecular flexibility index (Phi) is 3.84. The van der Waals surface area contributed by atoms with Crippen LogP contribution in [-0.2, 0) is 19.6 Å². The van der Waals surface area contributed by atoms with Gasteiger partial charge in [0.1, 0.15) is 0 Å². The van der Waals surface area contributed by atoms with Gasteiger partial charge in [-0.15, -0.1) is 0 Å². The first-order valence-corrected chi connectivity index (χ1v) is 4.56. The lowest BCUT2D eigenvalue weighted by Gasteiger charge is -2.07. The summed E-state index contributed by atoms with van der Waals surface area (Å²) in [6.45, 7) is 0. The van der Waals surface area contributed by atoms with Crippen molar-refractivity contribution < 1.29 is 36.3 Å². The summed E-state index contributed by atoms with van der Waals surface area (Å²) in [5.74, 6) is -3.59. The van der Waals surface area contributed by atoms with Gasteiger partial charge in [-0.3, -0.25) is 4.79 Å². The Balaban J connectivity index is 4.65. The summed E-state index contributed by atoms with van der Waals surface area (Å²) in [5, 5.41) is 9.72. The molecule has 1 N–H and O–H groups in total. The fourth-order valence-corrected chi connectivity index (χ4v) is 0.817. The molecule has 86 valence electrons. The van der Waals surface area contributed by atoms with Crippen molar-refractivity contribution in [2.45, 2.75) is 5.51 Å². The molecule has 15 heavy (non-hydrogen) atoms. The van der Waals surface area contributed by atoms with E-state index in [1.165, 1.54) is 0 Å². The van der Waals surface area contributed by atoms with Crippen molar-refractivity contribution in [3.8, 4) is 0 Å². The predicted molar refractivity (Wildman–Crippen MR) is 37.3 cm³/mol. The number of sulfonamides is 1. The predicted octanol–water partition coefficient (Wildman–Crippen LogP) is -1.74. The number of carboxylic acid groups (broad SMARTS) is 1. The molecule has 0 rings (SSSR count). The van der Waals surface area contributed by atoms with Gasteiger partial charge in [0.05, 0.1) is 5.97 Å². The van der Waals surface area contributed by atoms with Crippen LogP contribution < -0.4 is 9.83 Å². The summed E-state index contributed by atoms with van der Waals surface area (Å²) in [5.41, 5.74) is -5.64. The van der Waals surface area contributed by atoms with Gasteiger partial charge in [0.25, 0.3) is 5.91 Å². The molecule has 0 aliphatic heterocycles. The number of amides is 1. The zero-order chi connectivity index (χ0) is 12.3. The maximum absolute atomic E-state index is 11.6. The van der Waals surface area contributed by atoms with Crippen LogP contribution in [0.2, 0.25) is 0 Å². The standard InChI is InChI=1S/C5H4F3NO5S/c6-5(7,8)15(13,14)9-3(10)1-2-4(11)12/h1-2H,(H,9,10)(H,11,12)/p-1/b2-1-. The number of hydrogen-bond donors (Lipinski definition) is 1. The summed E-state index contributed by atoms with van der Waals surface area (Å²) in [6.07, 6.45) is 0.167. The van der Waals surface area contributed by atoms with Gasteiger partial charge < -0.3 is 9.90 Å². The summed E-state index contributed by atoms with van der Waals surface area (Å²) in [7, 11) is -5.81. The number of rotatable bonds is 3. The Bertz CT molecular complexity index is 395. The molecule has 0 saturated carbocycles. The molecular formula is C5H3F3NO5S-. The van der Waals surface area contributed by atoms with E-state index in [2.05, 4.69) is 0 Å². The molecule has 0 aromatic rings. The van der Waals surface area contributed by atoms with E-state index in [-0.39, 0.29) is 12.2 Å². The minimum absolute atomic E-state index is 0.0820. The van der Waals surface area contributed by atoms with Gasteiger partial charge in [0.15, 0.2) is 0 Å². The van der Waals surface area contributed by atoms with Crippen molar-refractivity contribution in [1.82, 2.24) is 4.72 Å². The monoisotopic (exact) mass is 246 g/mol. The van der Waals surface area contributed by atoms with Gasteiger partial charge in [0.2, 0.25) is 0 Å². The second kappa shape index (κ2) is 4.29. The normalized spacial score (nSPS) is 12.7. The molecule has 10 heteroatoms. The quantitative estimate of drug-likeness (QED) is 0.595. The molecule has 0 fully saturated rings. The molecular weight excluding hydrogens is 243 g/mol. The highest BCUT2D eigenvalue weighted by molar-refractivity contribution is 7.90. The first kappa shape index (κ1) is 13.4. The number of carbonyl (C=O) groups is 2. The number of nitrogens with one attached hydrogen (secondary N) is 1. The van der Waals surface area contributed by atoms with E-state index in [9.17, 15) is 36.3 Å². The van der Waals surface area contributed by atoms with Crippen LogP contribution in [0.25, 0.3) is 0 Å². The largest absolute Gasteiger partial charge is 0.545 e. The second-order valence-corrected chi connectivity index (χ2v) is 3.74. The van der Waals surface area contributed by atoms with Crippen molar-refractivity contribution in [3.63, 3.8) is 0 Å². The Hall–Kier alpha value is -1.58. The topological polar surface area (TPSA) is 103 Å². The minimum Gasteiger partial charge on any atom is -0.545 e. The third kappa shape index (κ3) is 4.44. The molecule has 0 aromatic heterocycles. The molecule has 6 nitrogen and oxygen atoms in total. The van der Waals surface area contributed by atoms with E-state index in [0.29, 0.717) is 4.72 Å². The lowest BCUT2D eigenvalue weighted by Crippen LogP contribution is -2.39. The SMILES string of the molecule is O=C([O-])/C=C\C(=O)NS(=O)(=O)C(F)(F)F. The smallest absolute Gasteiger partial charge is 0.516 e. The van der Waals surface area contributed by atoms with E-state index in [0.717, 1.165) is 0 Å². The zero-order valence-electron chi connectivity index (χ0n) is 6.74. The third-order valence-corrected chi connectivity index (χ3v) is 1.99. The maximum Gasteiger partial charge on any atom is 0.516 e. The molecule has 0 spiro atoms. The molecule has 0 heterocycles. The summed E-state index contributed by atoms with van der Waals surface area (Å²) < 4.78 is 56.0. The number of hydrogen-bond acceptors (Lipinski definition) is 5. The molecule has 0 aliphatic carbocycles. The first-order chi connectivity index (χ1) is 6.56. The molecule has 0 aromatic carbocycles. The lowest BCUT2D eigenvalue weighted by atomic mass is 10.5.